The van der Waals surface area contributed by atoms with Crippen molar-refractivity contribution in [3.8, 4) is 16.6 Å². The first-order chi connectivity index (χ1) is 15.9. The Bertz CT molecular complexity index is 1360. The lowest BCUT2D eigenvalue weighted by Gasteiger charge is -2.24. The molecule has 2 amide bonds. The molecule has 0 saturated heterocycles. The minimum Gasteiger partial charge on any atom is -0.493 e. The molecular formula is C23H21N5O4S. The van der Waals surface area contributed by atoms with Crippen molar-refractivity contribution in [2.75, 3.05) is 19.0 Å². The fourth-order valence-corrected chi connectivity index (χ4v) is 5.01. The number of carbonyl (C=O) groups excluding carboxylic acids is 2. The van der Waals surface area contributed by atoms with E-state index in [2.05, 4.69) is 5.32 Å². The number of hydrogen-bond donors (Lipinski definition) is 2. The predicted molar refractivity (Wildman–Crippen MR) is 124 cm³/mol. The summed E-state index contributed by atoms with van der Waals surface area (Å²) in [5.41, 5.74) is 8.68. The number of para-hydroxylation sites is 1. The van der Waals surface area contributed by atoms with Crippen LogP contribution >= 0.6 is 11.3 Å². The number of nitrogens with zero attached hydrogens (tertiary/aromatic N) is 3. The Morgan fingerprint density at radius 3 is 2.85 bits per heavy atom. The van der Waals surface area contributed by atoms with Crippen molar-refractivity contribution in [2.45, 2.75) is 19.3 Å². The largest absolute Gasteiger partial charge is 0.493 e. The second-order valence-corrected chi connectivity index (χ2v) is 8.70. The van der Waals surface area contributed by atoms with Gasteiger partial charge in [-0.2, -0.15) is 9.78 Å². The van der Waals surface area contributed by atoms with Gasteiger partial charge < -0.3 is 20.5 Å². The Labute approximate surface area is 193 Å². The lowest BCUT2D eigenvalue weighted by molar-refractivity contribution is -0.120. The summed E-state index contributed by atoms with van der Waals surface area (Å²) < 4.78 is 13.6. The van der Waals surface area contributed by atoms with Crippen LogP contribution in [0.5, 0.6) is 11.5 Å². The smallest absolute Gasteiger partial charge is 0.255 e. The van der Waals surface area contributed by atoms with E-state index in [1.807, 2.05) is 43.3 Å². The number of thiazole rings is 1. The van der Waals surface area contributed by atoms with Gasteiger partial charge in [0.15, 0.2) is 18.1 Å². The first kappa shape index (κ1) is 21.0. The molecule has 0 aliphatic carbocycles. The monoisotopic (exact) mass is 463 g/mol. The number of methoxy groups -OCH3 is 1. The summed E-state index contributed by atoms with van der Waals surface area (Å²) in [6.07, 6.45) is 0.268. The molecule has 0 fully saturated rings. The number of amides is 2. The molecule has 168 valence electrons. The Kier molecular flexibility index (Phi) is 5.21. The molecule has 0 radical (unpaired) electrons. The molecule has 1 unspecified atom stereocenters. The van der Waals surface area contributed by atoms with Gasteiger partial charge in [-0.25, -0.2) is 4.98 Å². The highest BCUT2D eigenvalue weighted by atomic mass is 32.1. The van der Waals surface area contributed by atoms with Gasteiger partial charge in [-0.1, -0.05) is 29.5 Å². The van der Waals surface area contributed by atoms with E-state index in [0.717, 1.165) is 27.0 Å². The highest BCUT2D eigenvalue weighted by Gasteiger charge is 2.33. The Hall–Kier alpha value is -3.92. The summed E-state index contributed by atoms with van der Waals surface area (Å²) in [4.78, 5) is 28.5. The Balaban J connectivity index is 1.57. The van der Waals surface area contributed by atoms with Gasteiger partial charge in [0.1, 0.15) is 5.82 Å². The lowest BCUT2D eigenvalue weighted by atomic mass is 9.85. The molecule has 1 aliphatic rings. The summed E-state index contributed by atoms with van der Waals surface area (Å²) in [5.74, 6) is 0.576. The van der Waals surface area contributed by atoms with Crippen LogP contribution in [0, 0.1) is 6.92 Å². The Morgan fingerprint density at radius 1 is 1.27 bits per heavy atom. The fourth-order valence-electron chi connectivity index (χ4n) is 4.09. The van der Waals surface area contributed by atoms with Crippen molar-refractivity contribution in [2.24, 2.45) is 5.73 Å². The number of benzene rings is 2. The topological polar surface area (TPSA) is 121 Å². The number of aromatic nitrogens is 3. The second kappa shape index (κ2) is 8.21. The molecule has 0 spiro atoms. The molecule has 10 heteroatoms. The summed E-state index contributed by atoms with van der Waals surface area (Å²) in [6, 6.07) is 13.3. The van der Waals surface area contributed by atoms with Crippen molar-refractivity contribution >= 4 is 39.2 Å². The standard InChI is InChI=1S/C23H21N5O4S/c1-12-21-14(13-7-8-16(17(9-13)31-2)32-11-19(24)29)10-20(30)26-22(21)28(27-12)23-25-15-5-3-4-6-18(15)33-23/h3-9,14H,10-11H2,1-2H3,(H2,24,29)(H,26,30). The fraction of sp³-hybridized carbons (Fsp3) is 0.217. The number of nitrogens with one attached hydrogen (secondary N) is 1. The van der Waals surface area contributed by atoms with Gasteiger partial charge in [-0.15, -0.1) is 0 Å². The number of carbonyl (C=O) groups is 2. The van der Waals surface area contributed by atoms with Crippen LogP contribution in [0.15, 0.2) is 42.5 Å². The average Bonchev–Trinajstić information content (AvgIpc) is 3.38. The normalized spacial score (nSPS) is 15.2. The molecule has 3 heterocycles. The van der Waals surface area contributed by atoms with Crippen LogP contribution in [0.2, 0.25) is 0 Å². The van der Waals surface area contributed by atoms with Crippen LogP contribution in [0.25, 0.3) is 15.3 Å². The van der Waals surface area contributed by atoms with Gasteiger partial charge in [-0.05, 0) is 36.8 Å². The number of primary amides is 1. The van der Waals surface area contributed by atoms with Crippen molar-refractivity contribution in [3.63, 3.8) is 0 Å². The van der Waals surface area contributed by atoms with E-state index in [1.54, 1.807) is 10.7 Å². The molecule has 33 heavy (non-hydrogen) atoms. The molecule has 9 nitrogen and oxygen atoms in total. The molecule has 5 rings (SSSR count). The average molecular weight is 464 g/mol. The highest BCUT2D eigenvalue weighted by Crippen LogP contribution is 2.43. The van der Waals surface area contributed by atoms with Crippen molar-refractivity contribution in [1.29, 1.82) is 0 Å². The van der Waals surface area contributed by atoms with Gasteiger partial charge in [0.05, 0.1) is 23.0 Å². The van der Waals surface area contributed by atoms with Gasteiger partial charge >= 0.3 is 0 Å². The maximum Gasteiger partial charge on any atom is 0.255 e. The lowest BCUT2D eigenvalue weighted by Crippen LogP contribution is -2.25. The van der Waals surface area contributed by atoms with E-state index in [-0.39, 0.29) is 24.9 Å². The van der Waals surface area contributed by atoms with E-state index < -0.39 is 5.91 Å². The summed E-state index contributed by atoms with van der Waals surface area (Å²) in [7, 11) is 1.52. The summed E-state index contributed by atoms with van der Waals surface area (Å²) in [5, 5.41) is 8.39. The molecule has 1 atom stereocenters. The van der Waals surface area contributed by atoms with Crippen molar-refractivity contribution < 1.29 is 19.1 Å². The second-order valence-electron chi connectivity index (χ2n) is 7.69. The molecular weight excluding hydrogens is 442 g/mol. The third-order valence-corrected chi connectivity index (χ3v) is 6.54. The molecule has 0 bridgehead atoms. The Morgan fingerprint density at radius 2 is 2.09 bits per heavy atom. The van der Waals surface area contributed by atoms with Crippen LogP contribution in [0.1, 0.15) is 29.2 Å². The van der Waals surface area contributed by atoms with Gasteiger partial charge in [-0.3, -0.25) is 9.59 Å². The molecule has 2 aromatic carbocycles. The third kappa shape index (κ3) is 3.78. The SMILES string of the molecule is COc1cc(C2CC(=O)Nc3c2c(C)nn3-c2nc3ccccc3s2)ccc1OCC(N)=O. The number of aryl methyl sites for hydroxylation is 1. The maximum atomic E-state index is 12.7. The molecule has 2 aromatic heterocycles. The zero-order valence-electron chi connectivity index (χ0n) is 18.0. The van der Waals surface area contributed by atoms with Gasteiger partial charge in [0, 0.05) is 17.9 Å². The summed E-state index contributed by atoms with van der Waals surface area (Å²) in [6.45, 7) is 1.68. The van der Waals surface area contributed by atoms with Gasteiger partial charge in [0.25, 0.3) is 5.91 Å². The number of hydrogen-bond acceptors (Lipinski definition) is 7. The highest BCUT2D eigenvalue weighted by molar-refractivity contribution is 7.20. The maximum absolute atomic E-state index is 12.7. The van der Waals surface area contributed by atoms with E-state index in [4.69, 9.17) is 25.3 Å². The molecule has 4 aromatic rings. The minimum atomic E-state index is -0.576. The van der Waals surface area contributed by atoms with Crippen molar-refractivity contribution in [1.82, 2.24) is 14.8 Å². The van der Waals surface area contributed by atoms with Crippen molar-refractivity contribution in [3.05, 3.63) is 59.3 Å². The number of anilines is 1. The number of nitrogens with two attached hydrogens (primary N) is 1. The summed E-state index contributed by atoms with van der Waals surface area (Å²) >= 11 is 1.51. The quantitative estimate of drug-likeness (QED) is 0.453. The van der Waals surface area contributed by atoms with Crippen LogP contribution in [0.3, 0.4) is 0 Å². The van der Waals surface area contributed by atoms with E-state index >= 15 is 0 Å². The number of ether oxygens (including phenoxy) is 2. The van der Waals surface area contributed by atoms with Crippen LogP contribution in [-0.4, -0.2) is 40.3 Å². The first-order valence-electron chi connectivity index (χ1n) is 10.3. The van der Waals surface area contributed by atoms with Crippen LogP contribution in [0.4, 0.5) is 5.82 Å². The minimum absolute atomic E-state index is 0.109. The van der Waals surface area contributed by atoms with Crippen LogP contribution < -0.4 is 20.5 Å². The van der Waals surface area contributed by atoms with E-state index in [0.29, 0.717) is 22.4 Å². The van der Waals surface area contributed by atoms with Gasteiger partial charge in [0.2, 0.25) is 11.0 Å². The zero-order chi connectivity index (χ0) is 23.1. The number of rotatable bonds is 6. The van der Waals surface area contributed by atoms with E-state index in [9.17, 15) is 9.59 Å². The van der Waals surface area contributed by atoms with E-state index in [1.165, 1.54) is 18.4 Å². The molecule has 0 saturated carbocycles. The zero-order valence-corrected chi connectivity index (χ0v) is 18.8. The third-order valence-electron chi connectivity index (χ3n) is 5.53. The van der Waals surface area contributed by atoms with Crippen LogP contribution in [-0.2, 0) is 9.59 Å². The number of fused-ring (bicyclic) bond motifs is 2. The predicted octanol–water partition coefficient (Wildman–Crippen LogP) is 3.14. The first-order valence-corrected chi connectivity index (χ1v) is 11.1. The molecule has 1 aliphatic heterocycles. The molecule has 3 N–H and O–H groups in total.